The third-order valence-corrected chi connectivity index (χ3v) is 3.59. The van der Waals surface area contributed by atoms with Crippen molar-refractivity contribution in [3.8, 4) is 5.75 Å². The Balaban J connectivity index is 1.55. The fraction of sp³-hybridized carbons (Fsp3) is 0.600. The van der Waals surface area contributed by atoms with Crippen molar-refractivity contribution in [1.29, 1.82) is 0 Å². The minimum Gasteiger partial charge on any atom is -0.505 e. The van der Waals surface area contributed by atoms with Crippen LogP contribution in [0.1, 0.15) is 29.6 Å². The molecule has 1 aliphatic rings. The number of carbonyl (C=O) groups excluding carboxylic acids is 1. The molecule has 1 aliphatic heterocycles. The lowest BCUT2D eigenvalue weighted by Gasteiger charge is -2.26. The van der Waals surface area contributed by atoms with Gasteiger partial charge in [-0.1, -0.05) is 6.42 Å². The number of amides is 1. The number of pyridine rings is 1. The van der Waals surface area contributed by atoms with E-state index in [2.05, 4.69) is 15.2 Å². The molecule has 0 bridgehead atoms. The fourth-order valence-electron chi connectivity index (χ4n) is 2.34. The van der Waals surface area contributed by atoms with Crippen molar-refractivity contribution in [2.24, 2.45) is 0 Å². The molecule has 1 fully saturated rings. The predicted octanol–water partition coefficient (Wildman–Crippen LogP) is 1.02. The van der Waals surface area contributed by atoms with Crippen LogP contribution in [0.4, 0.5) is 0 Å². The normalized spacial score (nSPS) is 15.8. The van der Waals surface area contributed by atoms with Gasteiger partial charge in [0.15, 0.2) is 0 Å². The molecule has 116 valence electrons. The second-order valence-corrected chi connectivity index (χ2v) is 5.16. The van der Waals surface area contributed by atoms with Crippen molar-refractivity contribution in [2.75, 3.05) is 39.4 Å². The predicted molar refractivity (Wildman–Crippen MR) is 79.3 cm³/mol. The zero-order valence-electron chi connectivity index (χ0n) is 12.3. The van der Waals surface area contributed by atoms with Crippen LogP contribution in [0, 0.1) is 0 Å². The molecule has 0 aliphatic carbocycles. The van der Waals surface area contributed by atoms with Gasteiger partial charge in [-0.15, -0.1) is 0 Å². The van der Waals surface area contributed by atoms with Crippen molar-refractivity contribution in [2.45, 2.75) is 19.3 Å². The average Bonchev–Trinajstić information content (AvgIpc) is 2.52. The highest BCUT2D eigenvalue weighted by molar-refractivity contribution is 5.96. The van der Waals surface area contributed by atoms with Gasteiger partial charge in [0, 0.05) is 25.8 Å². The van der Waals surface area contributed by atoms with Gasteiger partial charge >= 0.3 is 0 Å². The van der Waals surface area contributed by atoms with Crippen molar-refractivity contribution in [3.63, 3.8) is 0 Å². The van der Waals surface area contributed by atoms with Crippen LogP contribution in [0.15, 0.2) is 18.5 Å². The molecule has 6 heteroatoms. The molecule has 1 saturated heterocycles. The zero-order chi connectivity index (χ0) is 14.9. The molecule has 0 radical (unpaired) electrons. The average molecular weight is 293 g/mol. The van der Waals surface area contributed by atoms with Crippen molar-refractivity contribution < 1.29 is 14.6 Å². The summed E-state index contributed by atoms with van der Waals surface area (Å²) < 4.78 is 5.31. The minimum absolute atomic E-state index is 0.0812. The van der Waals surface area contributed by atoms with E-state index in [0.717, 1.165) is 52.1 Å². The smallest absolute Gasteiger partial charge is 0.255 e. The number of morpholine rings is 1. The van der Waals surface area contributed by atoms with E-state index in [4.69, 9.17) is 4.74 Å². The molecule has 21 heavy (non-hydrogen) atoms. The SMILES string of the molecule is O=C(NCCCCCN1CCOCC1)c1ccncc1O. The van der Waals surface area contributed by atoms with Crippen LogP contribution in [-0.2, 0) is 4.74 Å². The minimum atomic E-state index is -0.247. The molecule has 0 unspecified atom stereocenters. The number of aromatic hydroxyl groups is 1. The van der Waals surface area contributed by atoms with Crippen molar-refractivity contribution in [3.05, 3.63) is 24.0 Å². The summed E-state index contributed by atoms with van der Waals surface area (Å²) in [6.07, 6.45) is 5.94. The number of unbranched alkanes of at least 4 members (excludes halogenated alkanes) is 2. The van der Waals surface area contributed by atoms with Gasteiger partial charge in [0.1, 0.15) is 5.75 Å². The number of rotatable bonds is 7. The van der Waals surface area contributed by atoms with Gasteiger partial charge in [-0.2, -0.15) is 0 Å². The van der Waals surface area contributed by atoms with Gasteiger partial charge in [-0.25, -0.2) is 0 Å². The van der Waals surface area contributed by atoms with Gasteiger partial charge in [0.25, 0.3) is 5.91 Å². The molecular weight excluding hydrogens is 270 g/mol. The number of nitrogens with zero attached hydrogens (tertiary/aromatic N) is 2. The Kier molecular flexibility index (Phi) is 6.43. The van der Waals surface area contributed by atoms with E-state index in [1.54, 1.807) is 0 Å². The molecule has 0 saturated carbocycles. The number of hydrogen-bond donors (Lipinski definition) is 2. The van der Waals surface area contributed by atoms with Gasteiger partial charge in [0.2, 0.25) is 0 Å². The molecular formula is C15H23N3O3. The molecule has 6 nitrogen and oxygen atoms in total. The first-order valence-electron chi connectivity index (χ1n) is 7.48. The molecule has 1 aromatic heterocycles. The molecule has 2 N–H and O–H groups in total. The van der Waals surface area contributed by atoms with Crippen molar-refractivity contribution in [1.82, 2.24) is 15.2 Å². The number of ether oxygens (including phenoxy) is 1. The van der Waals surface area contributed by atoms with E-state index in [1.807, 2.05) is 0 Å². The Labute approximate surface area is 125 Å². The molecule has 2 rings (SSSR count). The number of nitrogens with one attached hydrogen (secondary N) is 1. The summed E-state index contributed by atoms with van der Waals surface area (Å²) in [5.74, 6) is -0.328. The van der Waals surface area contributed by atoms with Gasteiger partial charge < -0.3 is 15.2 Å². The molecule has 2 heterocycles. The Morgan fingerprint density at radius 3 is 2.90 bits per heavy atom. The summed E-state index contributed by atoms with van der Waals surface area (Å²) in [5, 5.41) is 12.3. The molecule has 0 spiro atoms. The van der Waals surface area contributed by atoms with Crippen LogP contribution >= 0.6 is 0 Å². The Hall–Kier alpha value is -1.66. The second kappa shape index (κ2) is 8.59. The fourth-order valence-corrected chi connectivity index (χ4v) is 2.34. The van der Waals surface area contributed by atoms with E-state index >= 15 is 0 Å². The van der Waals surface area contributed by atoms with Gasteiger partial charge in [-0.05, 0) is 25.5 Å². The second-order valence-electron chi connectivity index (χ2n) is 5.16. The largest absolute Gasteiger partial charge is 0.505 e. The van der Waals surface area contributed by atoms with E-state index in [9.17, 15) is 9.90 Å². The maximum absolute atomic E-state index is 11.8. The molecule has 0 atom stereocenters. The van der Waals surface area contributed by atoms with E-state index in [1.165, 1.54) is 18.5 Å². The molecule has 1 aromatic rings. The van der Waals surface area contributed by atoms with E-state index in [0.29, 0.717) is 6.54 Å². The highest BCUT2D eigenvalue weighted by atomic mass is 16.5. The lowest BCUT2D eigenvalue weighted by atomic mass is 10.2. The third-order valence-electron chi connectivity index (χ3n) is 3.59. The van der Waals surface area contributed by atoms with Crippen LogP contribution in [0.3, 0.4) is 0 Å². The highest BCUT2D eigenvalue weighted by Gasteiger charge is 2.10. The monoisotopic (exact) mass is 293 g/mol. The highest BCUT2D eigenvalue weighted by Crippen LogP contribution is 2.13. The molecule has 0 aromatic carbocycles. The van der Waals surface area contributed by atoms with Crippen LogP contribution in [0.25, 0.3) is 0 Å². The van der Waals surface area contributed by atoms with E-state index in [-0.39, 0.29) is 17.2 Å². The lowest BCUT2D eigenvalue weighted by Crippen LogP contribution is -2.36. The number of hydrogen-bond acceptors (Lipinski definition) is 5. The maximum Gasteiger partial charge on any atom is 0.255 e. The maximum atomic E-state index is 11.8. The summed E-state index contributed by atoms with van der Waals surface area (Å²) in [5.41, 5.74) is 0.276. The first-order chi connectivity index (χ1) is 10.3. The quantitative estimate of drug-likeness (QED) is 0.734. The van der Waals surface area contributed by atoms with Crippen LogP contribution < -0.4 is 5.32 Å². The van der Waals surface area contributed by atoms with Gasteiger partial charge in [0.05, 0.1) is 25.0 Å². The van der Waals surface area contributed by atoms with Crippen LogP contribution in [0.5, 0.6) is 5.75 Å². The lowest BCUT2D eigenvalue weighted by molar-refractivity contribution is 0.0371. The Bertz CT molecular complexity index is 448. The Morgan fingerprint density at radius 2 is 2.14 bits per heavy atom. The Morgan fingerprint density at radius 1 is 1.33 bits per heavy atom. The van der Waals surface area contributed by atoms with E-state index < -0.39 is 0 Å². The van der Waals surface area contributed by atoms with Crippen molar-refractivity contribution >= 4 is 5.91 Å². The summed E-state index contributed by atoms with van der Waals surface area (Å²) in [6, 6.07) is 1.52. The molecule has 1 amide bonds. The number of aromatic nitrogens is 1. The topological polar surface area (TPSA) is 74.7 Å². The number of carbonyl (C=O) groups is 1. The first-order valence-corrected chi connectivity index (χ1v) is 7.48. The summed E-state index contributed by atoms with van der Waals surface area (Å²) in [6.45, 7) is 5.46. The summed E-state index contributed by atoms with van der Waals surface area (Å²) in [7, 11) is 0. The summed E-state index contributed by atoms with van der Waals surface area (Å²) in [4.78, 5) is 18.0. The zero-order valence-corrected chi connectivity index (χ0v) is 12.3. The van der Waals surface area contributed by atoms with Crippen LogP contribution in [0.2, 0.25) is 0 Å². The summed E-state index contributed by atoms with van der Waals surface area (Å²) >= 11 is 0. The van der Waals surface area contributed by atoms with Crippen LogP contribution in [-0.4, -0.2) is 60.3 Å². The first kappa shape index (κ1) is 15.7. The standard InChI is InChI=1S/C15H23N3O3/c19-14-12-16-6-4-13(14)15(20)17-5-2-1-3-7-18-8-10-21-11-9-18/h4,6,12,19H,1-3,5,7-11H2,(H,17,20). The van der Waals surface area contributed by atoms with Gasteiger partial charge in [-0.3, -0.25) is 14.7 Å². The third kappa shape index (κ3) is 5.32.